The van der Waals surface area contributed by atoms with E-state index >= 15 is 0 Å². The van der Waals surface area contributed by atoms with Crippen LogP contribution in [0.1, 0.15) is 57.4 Å². The minimum Gasteiger partial charge on any atom is -0.352 e. The average molecular weight is 534 g/mol. The summed E-state index contributed by atoms with van der Waals surface area (Å²) in [5.41, 5.74) is 1.40. The van der Waals surface area contributed by atoms with E-state index in [4.69, 9.17) is 11.6 Å². The van der Waals surface area contributed by atoms with Crippen LogP contribution in [0.4, 0.5) is 5.69 Å². The van der Waals surface area contributed by atoms with Gasteiger partial charge in [-0.05, 0) is 49.4 Å². The molecule has 36 heavy (non-hydrogen) atoms. The Hall–Kier alpha value is -2.58. The number of hydrogen-bond donors (Lipinski definition) is 1. The second-order valence-electron chi connectivity index (χ2n) is 9.34. The summed E-state index contributed by atoms with van der Waals surface area (Å²) in [4.78, 5) is 28.3. The lowest BCUT2D eigenvalue weighted by Gasteiger charge is -2.32. The zero-order valence-electron chi connectivity index (χ0n) is 21.0. The largest absolute Gasteiger partial charge is 0.352 e. The smallest absolute Gasteiger partial charge is 0.243 e. The maximum atomic E-state index is 13.5. The van der Waals surface area contributed by atoms with Crippen molar-refractivity contribution in [2.75, 3.05) is 17.1 Å². The molecule has 9 heteroatoms. The lowest BCUT2D eigenvalue weighted by molar-refractivity contribution is -0.141. The molecule has 2 aromatic rings. The van der Waals surface area contributed by atoms with Crippen molar-refractivity contribution in [3.05, 3.63) is 65.2 Å². The van der Waals surface area contributed by atoms with Gasteiger partial charge in [0, 0.05) is 30.6 Å². The van der Waals surface area contributed by atoms with Crippen LogP contribution in [0.2, 0.25) is 5.02 Å². The predicted octanol–water partition coefficient (Wildman–Crippen LogP) is 4.75. The summed E-state index contributed by atoms with van der Waals surface area (Å²) in [7, 11) is -3.56. The van der Waals surface area contributed by atoms with Crippen molar-refractivity contribution in [1.29, 1.82) is 0 Å². The monoisotopic (exact) mass is 533 g/mol. The Balaban J connectivity index is 1.73. The van der Waals surface area contributed by atoms with Crippen molar-refractivity contribution >= 4 is 39.1 Å². The summed E-state index contributed by atoms with van der Waals surface area (Å²) in [6.45, 7) is 2.37. The molecule has 0 saturated heterocycles. The highest BCUT2D eigenvalue weighted by molar-refractivity contribution is 7.92. The van der Waals surface area contributed by atoms with E-state index in [1.54, 1.807) is 29.2 Å². The fraction of sp³-hybridized carbons (Fsp3) is 0.481. The highest BCUT2D eigenvalue weighted by Gasteiger charge is 2.30. The van der Waals surface area contributed by atoms with E-state index in [2.05, 4.69) is 5.32 Å². The van der Waals surface area contributed by atoms with Gasteiger partial charge in [0.15, 0.2) is 0 Å². The molecule has 1 unspecified atom stereocenters. The fourth-order valence-corrected chi connectivity index (χ4v) is 5.84. The lowest BCUT2D eigenvalue weighted by atomic mass is 10.1. The van der Waals surface area contributed by atoms with Gasteiger partial charge in [-0.15, -0.1) is 0 Å². The summed E-state index contributed by atoms with van der Waals surface area (Å²) < 4.78 is 26.1. The highest BCUT2D eigenvalue weighted by atomic mass is 35.5. The summed E-state index contributed by atoms with van der Waals surface area (Å²) in [6.07, 6.45) is 6.22. The number of hydrogen-bond acceptors (Lipinski definition) is 4. The van der Waals surface area contributed by atoms with E-state index in [1.165, 1.54) is 4.31 Å². The number of carbonyl (C=O) groups excluding carboxylic acids is 2. The van der Waals surface area contributed by atoms with Crippen LogP contribution in [0.5, 0.6) is 0 Å². The lowest BCUT2D eigenvalue weighted by Crippen LogP contribution is -2.51. The maximum Gasteiger partial charge on any atom is 0.243 e. The van der Waals surface area contributed by atoms with Crippen molar-refractivity contribution in [1.82, 2.24) is 10.2 Å². The van der Waals surface area contributed by atoms with Crippen LogP contribution < -0.4 is 9.62 Å². The van der Waals surface area contributed by atoms with Gasteiger partial charge in [-0.2, -0.15) is 0 Å². The van der Waals surface area contributed by atoms with Gasteiger partial charge in [0.1, 0.15) is 6.04 Å². The molecule has 0 heterocycles. The molecular weight excluding hydrogens is 498 g/mol. The Morgan fingerprint density at radius 2 is 1.78 bits per heavy atom. The second kappa shape index (κ2) is 13.1. The molecule has 0 radical (unpaired) electrons. The number of amides is 2. The second-order valence-corrected chi connectivity index (χ2v) is 11.7. The predicted molar refractivity (Wildman–Crippen MR) is 144 cm³/mol. The quantitative estimate of drug-likeness (QED) is 0.426. The molecule has 3 rings (SSSR count). The Bertz CT molecular complexity index is 1120. The molecular formula is C27H36ClN3O4S. The van der Waals surface area contributed by atoms with Crippen LogP contribution in [-0.2, 0) is 26.2 Å². The summed E-state index contributed by atoms with van der Waals surface area (Å²) in [5, 5.41) is 3.57. The first-order valence-electron chi connectivity index (χ1n) is 12.6. The van der Waals surface area contributed by atoms with E-state index in [9.17, 15) is 18.0 Å². The first kappa shape index (κ1) is 28.0. The zero-order valence-corrected chi connectivity index (χ0v) is 22.6. The molecule has 1 fully saturated rings. The van der Waals surface area contributed by atoms with Gasteiger partial charge >= 0.3 is 0 Å². The number of carbonyl (C=O) groups is 2. The van der Waals surface area contributed by atoms with Crippen LogP contribution in [0.3, 0.4) is 0 Å². The number of nitrogens with zero attached hydrogens (tertiary/aromatic N) is 2. The molecule has 7 nitrogen and oxygen atoms in total. The number of rotatable bonds is 12. The van der Waals surface area contributed by atoms with Crippen molar-refractivity contribution < 1.29 is 18.0 Å². The van der Waals surface area contributed by atoms with Crippen LogP contribution >= 0.6 is 11.6 Å². The minimum atomic E-state index is -3.56. The molecule has 0 spiro atoms. The Morgan fingerprint density at radius 3 is 2.39 bits per heavy atom. The van der Waals surface area contributed by atoms with Crippen LogP contribution in [0.25, 0.3) is 0 Å². The summed E-state index contributed by atoms with van der Waals surface area (Å²) >= 11 is 6.06. The fourth-order valence-electron chi connectivity index (χ4n) is 4.70. The number of nitrogens with one attached hydrogen (secondary N) is 1. The molecule has 1 atom stereocenters. The molecule has 1 aliphatic carbocycles. The van der Waals surface area contributed by atoms with E-state index in [0.29, 0.717) is 30.1 Å². The number of halogens is 1. The molecule has 196 valence electrons. The third kappa shape index (κ3) is 7.96. The van der Waals surface area contributed by atoms with Crippen molar-refractivity contribution in [3.63, 3.8) is 0 Å². The van der Waals surface area contributed by atoms with Crippen molar-refractivity contribution in [3.8, 4) is 0 Å². The number of anilines is 1. The Labute approximate surface area is 219 Å². The molecule has 1 N–H and O–H groups in total. The molecule has 0 bridgehead atoms. The highest BCUT2D eigenvalue weighted by Crippen LogP contribution is 2.23. The Morgan fingerprint density at radius 1 is 1.08 bits per heavy atom. The van der Waals surface area contributed by atoms with Gasteiger partial charge in [0.2, 0.25) is 21.8 Å². The first-order chi connectivity index (χ1) is 17.2. The van der Waals surface area contributed by atoms with Crippen LogP contribution in [-0.4, -0.2) is 50.0 Å². The van der Waals surface area contributed by atoms with Crippen molar-refractivity contribution in [2.24, 2.45) is 0 Å². The summed E-state index contributed by atoms with van der Waals surface area (Å²) in [5.74, 6) is -0.294. The number of sulfonamides is 1. The van der Waals surface area contributed by atoms with Gasteiger partial charge in [0.25, 0.3) is 0 Å². The SMILES string of the molecule is CCC(C(=O)NC1CCCC1)N(Cc1ccccc1)C(=O)CCCN(c1cccc(Cl)c1)S(C)(=O)=O. The van der Waals surface area contributed by atoms with E-state index in [1.807, 2.05) is 37.3 Å². The van der Waals surface area contributed by atoms with Crippen LogP contribution in [0.15, 0.2) is 54.6 Å². The normalized spacial score (nSPS) is 14.9. The molecule has 1 saturated carbocycles. The van der Waals surface area contributed by atoms with Gasteiger partial charge in [-0.25, -0.2) is 8.42 Å². The van der Waals surface area contributed by atoms with Crippen molar-refractivity contribution in [2.45, 2.75) is 70.5 Å². The Kier molecular flexibility index (Phi) is 10.2. The van der Waals surface area contributed by atoms with Gasteiger partial charge in [-0.3, -0.25) is 13.9 Å². The molecule has 0 aromatic heterocycles. The van der Waals surface area contributed by atoms with Gasteiger partial charge < -0.3 is 10.2 Å². The zero-order chi connectivity index (χ0) is 26.1. The molecule has 2 aromatic carbocycles. The first-order valence-corrected chi connectivity index (χ1v) is 14.8. The molecule has 2 amide bonds. The molecule has 1 aliphatic rings. The summed E-state index contributed by atoms with van der Waals surface area (Å²) in [6, 6.07) is 15.8. The third-order valence-electron chi connectivity index (χ3n) is 6.53. The van der Waals surface area contributed by atoms with E-state index in [0.717, 1.165) is 37.5 Å². The maximum absolute atomic E-state index is 13.5. The van der Waals surface area contributed by atoms with E-state index in [-0.39, 0.29) is 30.8 Å². The standard InChI is InChI=1S/C27H36ClN3O4S/c1-3-25(27(33)29-23-14-7-8-15-23)30(20-21-11-5-4-6-12-21)26(32)17-10-18-31(36(2,34)35)24-16-9-13-22(28)19-24/h4-6,9,11-13,16,19,23,25H,3,7-8,10,14-15,17-18,20H2,1-2H3,(H,29,33). The third-order valence-corrected chi connectivity index (χ3v) is 7.96. The van der Waals surface area contributed by atoms with Gasteiger partial charge in [0.05, 0.1) is 11.9 Å². The minimum absolute atomic E-state index is 0.118. The topological polar surface area (TPSA) is 86.8 Å². The number of benzene rings is 2. The average Bonchev–Trinajstić information content (AvgIpc) is 3.34. The van der Waals surface area contributed by atoms with Crippen LogP contribution in [0, 0.1) is 0 Å². The molecule has 0 aliphatic heterocycles. The van der Waals surface area contributed by atoms with Gasteiger partial charge in [-0.1, -0.05) is 67.8 Å². The van der Waals surface area contributed by atoms with E-state index < -0.39 is 16.1 Å².